The van der Waals surface area contributed by atoms with E-state index in [4.69, 9.17) is 9.47 Å². The first-order chi connectivity index (χ1) is 16.7. The van der Waals surface area contributed by atoms with Crippen molar-refractivity contribution in [1.82, 2.24) is 0 Å². The van der Waals surface area contributed by atoms with Crippen LogP contribution in [-0.4, -0.2) is 84.3 Å². The fourth-order valence-electron chi connectivity index (χ4n) is 4.13. The molecule has 10 nitrogen and oxygen atoms in total. The van der Waals surface area contributed by atoms with E-state index in [9.17, 15) is 40.9 Å². The maximum Gasteiger partial charge on any atom is 0.186 e. The summed E-state index contributed by atoms with van der Waals surface area (Å²) in [6.45, 7) is -0.554. The molecule has 0 bridgehead atoms. The molecule has 3 rings (SSSR count). The molecule has 1 saturated heterocycles. The number of phenols is 4. The van der Waals surface area contributed by atoms with E-state index in [2.05, 4.69) is 0 Å². The number of aliphatic hydroxyl groups is 4. The number of ether oxygens (including phenoxy) is 2. The summed E-state index contributed by atoms with van der Waals surface area (Å²) in [7, 11) is 0. The summed E-state index contributed by atoms with van der Waals surface area (Å²) in [4.78, 5) is 0. The van der Waals surface area contributed by atoms with Crippen LogP contribution in [0.5, 0.6) is 23.0 Å². The van der Waals surface area contributed by atoms with Crippen molar-refractivity contribution in [2.24, 2.45) is 0 Å². The van der Waals surface area contributed by atoms with Gasteiger partial charge in [0.1, 0.15) is 24.4 Å². The highest BCUT2D eigenvalue weighted by Gasteiger charge is 2.44. The minimum absolute atomic E-state index is 0.177. The molecule has 0 unspecified atom stereocenters. The molecule has 0 radical (unpaired) electrons. The van der Waals surface area contributed by atoms with Crippen LogP contribution in [0.1, 0.15) is 36.8 Å². The van der Waals surface area contributed by atoms with Gasteiger partial charge in [0.05, 0.1) is 12.7 Å². The Kier molecular flexibility index (Phi) is 9.55. The van der Waals surface area contributed by atoms with Crippen LogP contribution in [0.3, 0.4) is 0 Å². The standard InChI is InChI=1S/C25H34O10/c26-13-21-22(31)23(32)24(33)25(35-21)34-16(8-5-15-7-10-18(28)20(30)12-15)4-2-1-3-14-6-9-17(27)19(29)11-14/h6-7,9-12,16,21-33H,1-5,8,13H2/t16-,21-,22-,23+,24-,25-/m0/s1. The van der Waals surface area contributed by atoms with E-state index >= 15 is 0 Å². The summed E-state index contributed by atoms with van der Waals surface area (Å²) in [6.07, 6.45) is -3.64. The van der Waals surface area contributed by atoms with Gasteiger partial charge in [-0.25, -0.2) is 0 Å². The Labute approximate surface area is 203 Å². The van der Waals surface area contributed by atoms with E-state index in [1.807, 2.05) is 0 Å². The van der Waals surface area contributed by atoms with Crippen molar-refractivity contribution < 1.29 is 50.3 Å². The van der Waals surface area contributed by atoms with Gasteiger partial charge >= 0.3 is 0 Å². The fraction of sp³-hybridized carbons (Fsp3) is 0.520. The van der Waals surface area contributed by atoms with E-state index in [0.29, 0.717) is 32.1 Å². The number of rotatable bonds is 11. The molecule has 35 heavy (non-hydrogen) atoms. The minimum Gasteiger partial charge on any atom is -0.504 e. The van der Waals surface area contributed by atoms with Gasteiger partial charge in [-0.1, -0.05) is 18.6 Å². The second-order valence-corrected chi connectivity index (χ2v) is 8.89. The molecule has 2 aromatic carbocycles. The maximum absolute atomic E-state index is 10.3. The van der Waals surface area contributed by atoms with Gasteiger partial charge in [-0.2, -0.15) is 0 Å². The summed E-state index contributed by atoms with van der Waals surface area (Å²) in [5, 5.41) is 78.2. The van der Waals surface area contributed by atoms with Crippen molar-refractivity contribution in [2.45, 2.75) is 75.3 Å². The molecule has 6 atom stereocenters. The number of benzene rings is 2. The van der Waals surface area contributed by atoms with Crippen LogP contribution >= 0.6 is 0 Å². The van der Waals surface area contributed by atoms with Gasteiger partial charge in [-0.05, 0) is 67.5 Å². The molecule has 0 aliphatic carbocycles. The molecule has 0 saturated carbocycles. The lowest BCUT2D eigenvalue weighted by molar-refractivity contribution is -0.312. The van der Waals surface area contributed by atoms with Gasteiger partial charge in [0.25, 0.3) is 0 Å². The van der Waals surface area contributed by atoms with E-state index in [0.717, 1.165) is 17.5 Å². The highest BCUT2D eigenvalue weighted by Crippen LogP contribution is 2.29. The highest BCUT2D eigenvalue weighted by molar-refractivity contribution is 5.41. The molecule has 1 heterocycles. The predicted molar refractivity (Wildman–Crippen MR) is 124 cm³/mol. The summed E-state index contributed by atoms with van der Waals surface area (Å²) >= 11 is 0. The Hall–Kier alpha value is -2.60. The first-order valence-electron chi connectivity index (χ1n) is 11.7. The second kappa shape index (κ2) is 12.4. The predicted octanol–water partition coefficient (Wildman–Crippen LogP) is 1.04. The van der Waals surface area contributed by atoms with Crippen molar-refractivity contribution in [1.29, 1.82) is 0 Å². The number of hydrogen-bond acceptors (Lipinski definition) is 10. The zero-order valence-electron chi connectivity index (χ0n) is 19.3. The van der Waals surface area contributed by atoms with Gasteiger partial charge in [0.15, 0.2) is 29.3 Å². The Morgan fingerprint density at radius 1 is 0.714 bits per heavy atom. The van der Waals surface area contributed by atoms with E-state index < -0.39 is 43.4 Å². The van der Waals surface area contributed by atoms with E-state index in [-0.39, 0.29) is 23.0 Å². The lowest BCUT2D eigenvalue weighted by Crippen LogP contribution is -2.59. The average molecular weight is 495 g/mol. The molecule has 8 N–H and O–H groups in total. The summed E-state index contributed by atoms with van der Waals surface area (Å²) in [6, 6.07) is 9.20. The maximum atomic E-state index is 10.3. The quantitative estimate of drug-likeness (QED) is 0.166. The zero-order chi connectivity index (χ0) is 25.5. The third-order valence-corrected chi connectivity index (χ3v) is 6.25. The topological polar surface area (TPSA) is 180 Å². The van der Waals surface area contributed by atoms with Gasteiger partial charge in [-0.3, -0.25) is 0 Å². The molecule has 1 aliphatic rings. The van der Waals surface area contributed by atoms with Crippen molar-refractivity contribution in [3.8, 4) is 23.0 Å². The summed E-state index contributed by atoms with van der Waals surface area (Å²) in [5.41, 5.74) is 1.63. The van der Waals surface area contributed by atoms with E-state index in [1.165, 1.54) is 24.3 Å². The third kappa shape index (κ3) is 7.20. The Morgan fingerprint density at radius 2 is 1.31 bits per heavy atom. The number of unbranched alkanes of at least 4 members (excludes halogenated alkanes) is 1. The molecule has 194 valence electrons. The van der Waals surface area contributed by atoms with Crippen LogP contribution < -0.4 is 0 Å². The highest BCUT2D eigenvalue weighted by atomic mass is 16.7. The SMILES string of the molecule is OC[C@@H]1O[C@H](O[C@@H](CCCCc2ccc(O)c(O)c2)CCc2ccc(O)c(O)c2)[C@@H](O)[C@H](O)[C@H]1O. The van der Waals surface area contributed by atoms with Crippen molar-refractivity contribution in [3.05, 3.63) is 47.5 Å². The molecular weight excluding hydrogens is 460 g/mol. The smallest absolute Gasteiger partial charge is 0.186 e. The molecule has 0 spiro atoms. The largest absolute Gasteiger partial charge is 0.504 e. The van der Waals surface area contributed by atoms with Gasteiger partial charge in [-0.15, -0.1) is 0 Å². The summed E-state index contributed by atoms with van der Waals surface area (Å²) < 4.78 is 11.5. The third-order valence-electron chi connectivity index (χ3n) is 6.25. The lowest BCUT2D eigenvalue weighted by Gasteiger charge is -2.41. The van der Waals surface area contributed by atoms with Gasteiger partial charge in [0, 0.05) is 0 Å². The van der Waals surface area contributed by atoms with Crippen LogP contribution in [-0.2, 0) is 22.3 Å². The van der Waals surface area contributed by atoms with Crippen LogP contribution in [0.2, 0.25) is 0 Å². The molecule has 2 aromatic rings. The Balaban J connectivity index is 1.62. The minimum atomic E-state index is -1.54. The molecular formula is C25H34O10. The van der Waals surface area contributed by atoms with Crippen LogP contribution in [0.4, 0.5) is 0 Å². The molecule has 1 fully saturated rings. The first-order valence-corrected chi connectivity index (χ1v) is 11.7. The number of aliphatic hydroxyl groups excluding tert-OH is 4. The van der Waals surface area contributed by atoms with Gasteiger partial charge in [0.2, 0.25) is 0 Å². The van der Waals surface area contributed by atoms with Crippen molar-refractivity contribution >= 4 is 0 Å². The lowest BCUT2D eigenvalue weighted by atomic mass is 9.98. The molecule has 1 aliphatic heterocycles. The Morgan fingerprint density at radius 3 is 1.89 bits per heavy atom. The second-order valence-electron chi connectivity index (χ2n) is 8.89. The Bertz CT molecular complexity index is 950. The first kappa shape index (κ1) is 27.0. The number of aromatic hydroxyl groups is 4. The molecule has 0 aromatic heterocycles. The monoisotopic (exact) mass is 494 g/mol. The normalized spacial score (nSPS) is 25.4. The fourth-order valence-corrected chi connectivity index (χ4v) is 4.13. The number of aryl methyl sites for hydroxylation is 2. The number of phenolic OH excluding ortho intramolecular Hbond substituents is 4. The number of hydrogen-bond donors (Lipinski definition) is 8. The van der Waals surface area contributed by atoms with E-state index in [1.54, 1.807) is 12.1 Å². The van der Waals surface area contributed by atoms with Crippen LogP contribution in [0, 0.1) is 0 Å². The van der Waals surface area contributed by atoms with Crippen molar-refractivity contribution in [2.75, 3.05) is 6.61 Å². The molecule has 0 amide bonds. The molecule has 10 heteroatoms. The van der Waals surface area contributed by atoms with Crippen LogP contribution in [0.25, 0.3) is 0 Å². The zero-order valence-corrected chi connectivity index (χ0v) is 19.3. The average Bonchev–Trinajstić information content (AvgIpc) is 2.84. The summed E-state index contributed by atoms with van der Waals surface area (Å²) in [5.74, 6) is -0.806. The van der Waals surface area contributed by atoms with Crippen LogP contribution in [0.15, 0.2) is 36.4 Å². The van der Waals surface area contributed by atoms with Crippen molar-refractivity contribution in [3.63, 3.8) is 0 Å². The van der Waals surface area contributed by atoms with Gasteiger partial charge < -0.3 is 50.3 Å².